The van der Waals surface area contributed by atoms with Crippen molar-refractivity contribution in [2.45, 2.75) is 12.3 Å². The second kappa shape index (κ2) is 5.72. The number of terminal acetylenes is 1. The first-order chi connectivity index (χ1) is 10.3. The van der Waals surface area contributed by atoms with Crippen LogP contribution in [0.15, 0.2) is 48.5 Å². The Balaban J connectivity index is 1.66. The van der Waals surface area contributed by atoms with Crippen LogP contribution >= 0.6 is 0 Å². The van der Waals surface area contributed by atoms with Gasteiger partial charge in [0.25, 0.3) is 0 Å². The highest BCUT2D eigenvalue weighted by Crippen LogP contribution is 2.33. The molecule has 1 aliphatic rings. The summed E-state index contributed by atoms with van der Waals surface area (Å²) >= 11 is 0. The average molecular weight is 276 g/mol. The normalized spacial score (nSPS) is 15.7. The molecule has 2 N–H and O–H groups in total. The molecule has 1 atom stereocenters. The van der Waals surface area contributed by atoms with Gasteiger partial charge in [-0.1, -0.05) is 30.2 Å². The van der Waals surface area contributed by atoms with Crippen molar-refractivity contribution in [3.63, 3.8) is 0 Å². The number of benzene rings is 2. The van der Waals surface area contributed by atoms with Gasteiger partial charge in [-0.15, -0.1) is 6.42 Å². The number of hydrogen-bond donors (Lipinski definition) is 2. The number of carbonyl (C=O) groups excluding carboxylic acids is 1. The number of anilines is 2. The Morgan fingerprint density at radius 2 is 2.14 bits per heavy atom. The van der Waals surface area contributed by atoms with Crippen molar-refractivity contribution in [1.82, 2.24) is 0 Å². The number of amides is 1. The van der Waals surface area contributed by atoms with Crippen LogP contribution in [0.2, 0.25) is 0 Å². The third kappa shape index (κ3) is 2.90. The van der Waals surface area contributed by atoms with Gasteiger partial charge < -0.3 is 10.6 Å². The summed E-state index contributed by atoms with van der Waals surface area (Å²) in [6.07, 6.45) is 5.83. The summed E-state index contributed by atoms with van der Waals surface area (Å²) in [7, 11) is 0. The number of rotatable bonds is 3. The van der Waals surface area contributed by atoms with Gasteiger partial charge in [-0.2, -0.15) is 0 Å². The van der Waals surface area contributed by atoms with Gasteiger partial charge in [0.15, 0.2) is 0 Å². The van der Waals surface area contributed by atoms with Crippen molar-refractivity contribution < 1.29 is 4.79 Å². The summed E-state index contributed by atoms with van der Waals surface area (Å²) in [5.41, 5.74) is 3.85. The third-order valence-electron chi connectivity index (χ3n) is 3.68. The number of fused-ring (bicyclic) bond motifs is 1. The quantitative estimate of drug-likeness (QED) is 0.845. The van der Waals surface area contributed by atoms with E-state index in [9.17, 15) is 4.79 Å². The summed E-state index contributed by atoms with van der Waals surface area (Å²) in [5, 5.41) is 6.24. The molecule has 0 aliphatic carbocycles. The maximum absolute atomic E-state index is 12.2. The van der Waals surface area contributed by atoms with E-state index in [2.05, 4.69) is 22.6 Å². The van der Waals surface area contributed by atoms with Crippen LogP contribution in [-0.2, 0) is 4.79 Å². The molecule has 0 fully saturated rings. The molecule has 1 heterocycles. The maximum Gasteiger partial charge on any atom is 0.225 e. The van der Waals surface area contributed by atoms with E-state index in [4.69, 9.17) is 6.42 Å². The summed E-state index contributed by atoms with van der Waals surface area (Å²) in [6.45, 7) is 0.803. The topological polar surface area (TPSA) is 41.1 Å². The van der Waals surface area contributed by atoms with E-state index >= 15 is 0 Å². The lowest BCUT2D eigenvalue weighted by atomic mass is 9.97. The number of hydrogen-bond acceptors (Lipinski definition) is 2. The van der Waals surface area contributed by atoms with Gasteiger partial charge in [-0.25, -0.2) is 0 Å². The van der Waals surface area contributed by atoms with Crippen molar-refractivity contribution >= 4 is 17.3 Å². The molecule has 104 valence electrons. The molecule has 2 aromatic rings. The zero-order chi connectivity index (χ0) is 14.7. The molecule has 0 bridgehead atoms. The van der Waals surface area contributed by atoms with Gasteiger partial charge in [0.05, 0.1) is 0 Å². The van der Waals surface area contributed by atoms with Crippen LogP contribution in [0.3, 0.4) is 0 Å². The standard InChI is InChI=1S/C18H16N2O/c1-2-13-6-5-7-15(10-13)20-18(21)11-14-12-19-17-9-4-3-8-16(14)17/h1,3-10,14,19H,11-12H2,(H,20,21). The monoisotopic (exact) mass is 276 g/mol. The van der Waals surface area contributed by atoms with Crippen LogP contribution in [0, 0.1) is 12.3 Å². The van der Waals surface area contributed by atoms with E-state index in [0.29, 0.717) is 6.42 Å². The van der Waals surface area contributed by atoms with Gasteiger partial charge >= 0.3 is 0 Å². The molecular weight excluding hydrogens is 260 g/mol. The molecule has 0 spiro atoms. The molecule has 3 heteroatoms. The second-order valence-corrected chi connectivity index (χ2v) is 5.14. The molecule has 0 radical (unpaired) electrons. The average Bonchev–Trinajstić information content (AvgIpc) is 2.91. The first-order valence-corrected chi connectivity index (χ1v) is 6.95. The fraction of sp³-hybridized carbons (Fsp3) is 0.167. The van der Waals surface area contributed by atoms with Gasteiger partial charge in [0, 0.05) is 35.8 Å². The van der Waals surface area contributed by atoms with Gasteiger partial charge in [0.1, 0.15) is 0 Å². The van der Waals surface area contributed by atoms with Crippen LogP contribution in [0.5, 0.6) is 0 Å². The Morgan fingerprint density at radius 3 is 3.00 bits per heavy atom. The molecule has 0 saturated carbocycles. The molecule has 0 aromatic heterocycles. The smallest absolute Gasteiger partial charge is 0.225 e. The summed E-state index contributed by atoms with van der Waals surface area (Å²) in [4.78, 5) is 12.2. The van der Waals surface area contributed by atoms with Crippen LogP contribution in [0.4, 0.5) is 11.4 Å². The minimum absolute atomic E-state index is 0.00711. The van der Waals surface area contributed by atoms with Crippen LogP contribution < -0.4 is 10.6 Å². The zero-order valence-electron chi connectivity index (χ0n) is 11.6. The van der Waals surface area contributed by atoms with E-state index < -0.39 is 0 Å². The Labute approximate surface area is 124 Å². The van der Waals surface area contributed by atoms with Crippen molar-refractivity contribution in [2.24, 2.45) is 0 Å². The van der Waals surface area contributed by atoms with Crippen LogP contribution in [-0.4, -0.2) is 12.5 Å². The second-order valence-electron chi connectivity index (χ2n) is 5.14. The molecule has 1 aliphatic heterocycles. The molecule has 1 unspecified atom stereocenters. The highest BCUT2D eigenvalue weighted by molar-refractivity contribution is 5.91. The molecule has 0 saturated heterocycles. The largest absolute Gasteiger partial charge is 0.384 e. The molecule has 21 heavy (non-hydrogen) atoms. The Morgan fingerprint density at radius 1 is 1.29 bits per heavy atom. The Bertz CT molecular complexity index is 715. The molecule has 3 nitrogen and oxygen atoms in total. The molecule has 1 amide bonds. The molecular formula is C18H16N2O. The van der Waals surface area contributed by atoms with Crippen molar-refractivity contribution in [3.8, 4) is 12.3 Å². The number of para-hydroxylation sites is 1. The minimum atomic E-state index is 0.00711. The van der Waals surface area contributed by atoms with Gasteiger partial charge in [-0.05, 0) is 29.8 Å². The van der Waals surface area contributed by atoms with Crippen molar-refractivity contribution in [1.29, 1.82) is 0 Å². The fourth-order valence-corrected chi connectivity index (χ4v) is 2.66. The van der Waals surface area contributed by atoms with E-state index in [0.717, 1.165) is 23.5 Å². The third-order valence-corrected chi connectivity index (χ3v) is 3.68. The zero-order valence-corrected chi connectivity index (χ0v) is 11.6. The van der Waals surface area contributed by atoms with E-state index in [1.807, 2.05) is 36.4 Å². The minimum Gasteiger partial charge on any atom is -0.384 e. The van der Waals surface area contributed by atoms with E-state index in [1.54, 1.807) is 6.07 Å². The van der Waals surface area contributed by atoms with E-state index in [1.165, 1.54) is 5.56 Å². The van der Waals surface area contributed by atoms with Gasteiger partial charge in [0.2, 0.25) is 5.91 Å². The highest BCUT2D eigenvalue weighted by atomic mass is 16.1. The summed E-state index contributed by atoms with van der Waals surface area (Å²) < 4.78 is 0. The summed E-state index contributed by atoms with van der Waals surface area (Å²) in [5.74, 6) is 2.79. The number of nitrogens with one attached hydrogen (secondary N) is 2. The Kier molecular flexibility index (Phi) is 3.61. The van der Waals surface area contributed by atoms with E-state index in [-0.39, 0.29) is 11.8 Å². The van der Waals surface area contributed by atoms with Gasteiger partial charge in [-0.3, -0.25) is 4.79 Å². The lowest BCUT2D eigenvalue weighted by Gasteiger charge is -2.11. The van der Waals surface area contributed by atoms with Crippen molar-refractivity contribution in [3.05, 3.63) is 59.7 Å². The number of carbonyl (C=O) groups is 1. The lowest BCUT2D eigenvalue weighted by molar-refractivity contribution is -0.116. The fourth-order valence-electron chi connectivity index (χ4n) is 2.66. The predicted molar refractivity (Wildman–Crippen MR) is 85.3 cm³/mol. The summed E-state index contributed by atoms with van der Waals surface area (Å²) in [6, 6.07) is 15.5. The first kappa shape index (κ1) is 13.3. The maximum atomic E-state index is 12.2. The van der Waals surface area contributed by atoms with Crippen molar-refractivity contribution in [2.75, 3.05) is 17.2 Å². The predicted octanol–water partition coefficient (Wildman–Crippen LogP) is 3.21. The van der Waals surface area contributed by atoms with Crippen LogP contribution in [0.1, 0.15) is 23.5 Å². The first-order valence-electron chi connectivity index (χ1n) is 6.95. The highest BCUT2D eigenvalue weighted by Gasteiger charge is 2.23. The Hall–Kier alpha value is -2.73. The SMILES string of the molecule is C#Cc1cccc(NC(=O)CC2CNc3ccccc32)c1. The molecule has 3 rings (SSSR count). The van der Waals surface area contributed by atoms with Crippen LogP contribution in [0.25, 0.3) is 0 Å². The lowest BCUT2D eigenvalue weighted by Crippen LogP contribution is -2.16. The molecule has 2 aromatic carbocycles.